The molecule has 8 nitrogen and oxygen atoms in total. The van der Waals surface area contributed by atoms with Gasteiger partial charge in [0.1, 0.15) is 18.1 Å². The average Bonchev–Trinajstić information content (AvgIpc) is 3.36. The van der Waals surface area contributed by atoms with E-state index >= 15 is 0 Å². The number of unbranched alkanes of at least 4 members (excludes halogenated alkanes) is 12. The summed E-state index contributed by atoms with van der Waals surface area (Å²) in [6, 6.07) is -2.39. The molecular weight excluding hydrogens is 482 g/mol. The normalized spacial score (nSPS) is 16.9. The third-order valence-corrected chi connectivity index (χ3v) is 7.42. The summed E-state index contributed by atoms with van der Waals surface area (Å²) in [7, 11) is 0. The molecule has 38 heavy (non-hydrogen) atoms. The predicted octanol–water partition coefficient (Wildman–Crippen LogP) is 5.58. The Bertz CT molecular complexity index is 712. The van der Waals surface area contributed by atoms with Crippen molar-refractivity contribution in [1.29, 1.82) is 0 Å². The molecule has 3 atom stereocenters. The van der Waals surface area contributed by atoms with E-state index in [1.54, 1.807) is 0 Å². The highest BCUT2D eigenvalue weighted by Crippen LogP contribution is 2.21. The Morgan fingerprint density at radius 3 is 1.84 bits per heavy atom. The zero-order valence-corrected chi connectivity index (χ0v) is 24.6. The molecule has 0 spiro atoms. The topological polar surface area (TPSA) is 116 Å². The van der Waals surface area contributed by atoms with E-state index in [0.29, 0.717) is 32.2 Å². The van der Waals surface area contributed by atoms with Crippen LogP contribution < -0.4 is 10.6 Å². The van der Waals surface area contributed by atoms with Crippen LogP contribution in [0.1, 0.15) is 137 Å². The van der Waals surface area contributed by atoms with Crippen molar-refractivity contribution in [3.8, 4) is 0 Å². The van der Waals surface area contributed by atoms with E-state index in [1.807, 2.05) is 13.8 Å². The van der Waals surface area contributed by atoms with Gasteiger partial charge in [-0.2, -0.15) is 0 Å². The van der Waals surface area contributed by atoms with E-state index < -0.39 is 30.0 Å². The van der Waals surface area contributed by atoms with Crippen molar-refractivity contribution in [3.05, 3.63) is 0 Å². The molecule has 1 aliphatic heterocycles. The van der Waals surface area contributed by atoms with Crippen molar-refractivity contribution in [3.63, 3.8) is 0 Å². The van der Waals surface area contributed by atoms with Crippen molar-refractivity contribution in [1.82, 2.24) is 15.5 Å². The Hall–Kier alpha value is -2.12. The summed E-state index contributed by atoms with van der Waals surface area (Å²) in [4.78, 5) is 51.3. The molecule has 1 fully saturated rings. The lowest BCUT2D eigenvalue weighted by Crippen LogP contribution is -2.55. The van der Waals surface area contributed by atoms with Crippen LogP contribution in [0.15, 0.2) is 0 Å². The molecular formula is C30H55N3O5. The van der Waals surface area contributed by atoms with Gasteiger partial charge in [-0.25, -0.2) is 0 Å². The molecule has 0 aromatic heterocycles. The van der Waals surface area contributed by atoms with E-state index in [9.17, 15) is 19.2 Å². The maximum atomic E-state index is 13.4. The van der Waals surface area contributed by atoms with Gasteiger partial charge in [-0.3, -0.25) is 19.2 Å². The summed E-state index contributed by atoms with van der Waals surface area (Å²) < 4.78 is 0. The summed E-state index contributed by atoms with van der Waals surface area (Å²) >= 11 is 0. The van der Waals surface area contributed by atoms with Gasteiger partial charge in [0.05, 0.1) is 0 Å². The first-order chi connectivity index (χ1) is 18.2. The SMILES string of the molecule is CCCCCCCCCCCCCCCC(=O)N[C@@H](CC(C)C)C(=O)N1CCC[C@H]1C(=O)N[C@@H](C)C(=O)O. The minimum Gasteiger partial charge on any atom is -0.480 e. The summed E-state index contributed by atoms with van der Waals surface area (Å²) in [5.74, 6) is -1.74. The standard InChI is InChI=1S/C30H55N3O5/c1-5-6-7-8-9-10-11-12-13-14-15-16-17-20-27(34)32-25(22-23(2)3)29(36)33-21-18-19-26(33)28(35)31-24(4)30(37)38/h23-26H,5-22H2,1-4H3,(H,31,35)(H,32,34)(H,37,38)/t24-,25-,26-/m0/s1. The van der Waals surface area contributed by atoms with Gasteiger partial charge < -0.3 is 20.6 Å². The van der Waals surface area contributed by atoms with Gasteiger partial charge in [0.25, 0.3) is 0 Å². The highest BCUT2D eigenvalue weighted by Gasteiger charge is 2.38. The molecule has 8 heteroatoms. The number of hydrogen-bond acceptors (Lipinski definition) is 4. The quantitative estimate of drug-likeness (QED) is 0.165. The number of carbonyl (C=O) groups is 4. The molecule has 220 valence electrons. The van der Waals surface area contributed by atoms with Crippen LogP contribution in [0.25, 0.3) is 0 Å². The number of carboxylic acid groups (broad SMARTS) is 1. The maximum Gasteiger partial charge on any atom is 0.325 e. The van der Waals surface area contributed by atoms with Crippen molar-refractivity contribution in [2.75, 3.05) is 6.54 Å². The van der Waals surface area contributed by atoms with Crippen molar-refractivity contribution in [2.45, 2.75) is 155 Å². The van der Waals surface area contributed by atoms with Gasteiger partial charge in [-0.1, -0.05) is 97.8 Å². The van der Waals surface area contributed by atoms with Gasteiger partial charge >= 0.3 is 5.97 Å². The van der Waals surface area contributed by atoms with Gasteiger partial charge in [-0.15, -0.1) is 0 Å². The molecule has 0 aliphatic carbocycles. The first-order valence-electron chi connectivity index (χ1n) is 15.3. The number of amides is 3. The number of aliphatic carboxylic acids is 1. The maximum absolute atomic E-state index is 13.4. The fourth-order valence-corrected chi connectivity index (χ4v) is 5.14. The first-order valence-corrected chi connectivity index (χ1v) is 15.3. The molecule has 1 aliphatic rings. The molecule has 1 saturated heterocycles. The lowest BCUT2D eigenvalue weighted by Gasteiger charge is -2.30. The monoisotopic (exact) mass is 537 g/mol. The smallest absolute Gasteiger partial charge is 0.325 e. The lowest BCUT2D eigenvalue weighted by atomic mass is 10.0. The Morgan fingerprint density at radius 1 is 0.816 bits per heavy atom. The Balaban J connectivity index is 2.37. The van der Waals surface area contributed by atoms with E-state index in [0.717, 1.165) is 19.3 Å². The second-order valence-electron chi connectivity index (χ2n) is 11.5. The molecule has 0 unspecified atom stereocenters. The minimum absolute atomic E-state index is 0.119. The zero-order valence-electron chi connectivity index (χ0n) is 24.6. The van der Waals surface area contributed by atoms with Crippen LogP contribution in [0, 0.1) is 5.92 Å². The second kappa shape index (κ2) is 19.9. The van der Waals surface area contributed by atoms with Gasteiger partial charge in [0.15, 0.2) is 0 Å². The number of nitrogens with zero attached hydrogens (tertiary/aromatic N) is 1. The van der Waals surface area contributed by atoms with Crippen LogP contribution in [0.5, 0.6) is 0 Å². The average molecular weight is 538 g/mol. The highest BCUT2D eigenvalue weighted by atomic mass is 16.4. The van der Waals surface area contributed by atoms with Crippen LogP contribution in [-0.4, -0.2) is 58.4 Å². The molecule has 0 radical (unpaired) electrons. The van der Waals surface area contributed by atoms with Crippen LogP contribution in [0.4, 0.5) is 0 Å². The largest absolute Gasteiger partial charge is 0.480 e. The molecule has 0 aromatic rings. The Labute approximate surface area is 231 Å². The van der Waals surface area contributed by atoms with Crippen molar-refractivity contribution >= 4 is 23.7 Å². The van der Waals surface area contributed by atoms with Crippen LogP contribution in [-0.2, 0) is 19.2 Å². The molecule has 3 amide bonds. The summed E-state index contributed by atoms with van der Waals surface area (Å²) in [6.45, 7) is 8.09. The molecule has 1 rings (SSSR count). The van der Waals surface area contributed by atoms with E-state index in [2.05, 4.69) is 17.6 Å². The van der Waals surface area contributed by atoms with E-state index in [4.69, 9.17) is 5.11 Å². The number of carboxylic acids is 1. The fourth-order valence-electron chi connectivity index (χ4n) is 5.14. The third-order valence-electron chi connectivity index (χ3n) is 7.42. The Kier molecular flexibility index (Phi) is 17.7. The lowest BCUT2D eigenvalue weighted by molar-refractivity contribution is -0.144. The Morgan fingerprint density at radius 2 is 1.34 bits per heavy atom. The molecule has 3 N–H and O–H groups in total. The van der Waals surface area contributed by atoms with E-state index in [-0.39, 0.29) is 17.7 Å². The van der Waals surface area contributed by atoms with Crippen LogP contribution in [0.3, 0.4) is 0 Å². The number of carbonyl (C=O) groups excluding carboxylic acids is 3. The first kappa shape index (κ1) is 33.9. The number of likely N-dealkylation sites (tertiary alicyclic amines) is 1. The highest BCUT2D eigenvalue weighted by molar-refractivity contribution is 5.93. The van der Waals surface area contributed by atoms with Crippen molar-refractivity contribution in [2.24, 2.45) is 5.92 Å². The second-order valence-corrected chi connectivity index (χ2v) is 11.5. The molecule has 0 aromatic carbocycles. The summed E-state index contributed by atoms with van der Waals surface area (Å²) in [5, 5.41) is 14.5. The number of hydrogen-bond donors (Lipinski definition) is 3. The molecule has 1 heterocycles. The van der Waals surface area contributed by atoms with Crippen LogP contribution in [0.2, 0.25) is 0 Å². The fraction of sp³-hybridized carbons (Fsp3) is 0.867. The van der Waals surface area contributed by atoms with E-state index in [1.165, 1.54) is 76.0 Å². The summed E-state index contributed by atoms with van der Waals surface area (Å²) in [6.07, 6.45) is 18.3. The summed E-state index contributed by atoms with van der Waals surface area (Å²) in [5.41, 5.74) is 0. The van der Waals surface area contributed by atoms with Gasteiger partial charge in [0.2, 0.25) is 17.7 Å². The van der Waals surface area contributed by atoms with Crippen molar-refractivity contribution < 1.29 is 24.3 Å². The number of rotatable bonds is 21. The van der Waals surface area contributed by atoms with Gasteiger partial charge in [-0.05, 0) is 38.5 Å². The molecule has 0 bridgehead atoms. The zero-order chi connectivity index (χ0) is 28.3. The van der Waals surface area contributed by atoms with Crippen LogP contribution >= 0.6 is 0 Å². The number of nitrogens with one attached hydrogen (secondary N) is 2. The third kappa shape index (κ3) is 14.1. The predicted molar refractivity (Wildman–Crippen MR) is 152 cm³/mol. The minimum atomic E-state index is -1.12. The van der Waals surface area contributed by atoms with Gasteiger partial charge in [0, 0.05) is 13.0 Å². The molecule has 0 saturated carbocycles.